The molecular formula is C9H7N3O4S2. The minimum absolute atomic E-state index is 0.00207. The highest BCUT2D eigenvalue weighted by Crippen LogP contribution is 2.23. The van der Waals surface area contributed by atoms with E-state index in [0.717, 1.165) is 11.3 Å². The molecule has 2 heterocycles. The first-order chi connectivity index (χ1) is 8.50. The predicted octanol–water partition coefficient (Wildman–Crippen LogP) is 1.04. The lowest BCUT2D eigenvalue weighted by Gasteiger charge is -2.05. The maximum Gasteiger partial charge on any atom is 0.357 e. The van der Waals surface area contributed by atoms with E-state index in [2.05, 4.69) is 14.7 Å². The number of thiazole rings is 1. The number of nitrogens with zero attached hydrogens (tertiary/aromatic N) is 2. The molecule has 0 amide bonds. The van der Waals surface area contributed by atoms with Crippen LogP contribution < -0.4 is 4.72 Å². The van der Waals surface area contributed by atoms with Gasteiger partial charge in [0.15, 0.2) is 5.69 Å². The van der Waals surface area contributed by atoms with E-state index in [1.807, 2.05) is 0 Å². The number of pyridine rings is 1. The van der Waals surface area contributed by atoms with Crippen molar-refractivity contribution in [2.45, 2.75) is 4.90 Å². The molecule has 0 saturated heterocycles. The Kier molecular flexibility index (Phi) is 3.26. The van der Waals surface area contributed by atoms with Gasteiger partial charge in [-0.1, -0.05) is 0 Å². The van der Waals surface area contributed by atoms with Gasteiger partial charge in [-0.2, -0.15) is 0 Å². The standard InChI is InChI=1S/C9H7N3O4S2/c13-9(14)7-8(17-5-11-7)12-18(15,16)6-1-3-10-4-2-6/h1-5,12H,(H,13,14). The number of aromatic carboxylic acids is 1. The first kappa shape index (κ1) is 12.5. The number of sulfonamides is 1. The summed E-state index contributed by atoms with van der Waals surface area (Å²) < 4.78 is 26.0. The Balaban J connectivity index is 2.34. The Hall–Kier alpha value is -2.00. The first-order valence-corrected chi connectivity index (χ1v) is 6.96. The van der Waals surface area contributed by atoms with Crippen molar-refractivity contribution < 1.29 is 18.3 Å². The van der Waals surface area contributed by atoms with E-state index in [-0.39, 0.29) is 15.6 Å². The molecular weight excluding hydrogens is 278 g/mol. The molecule has 0 saturated carbocycles. The highest BCUT2D eigenvalue weighted by Gasteiger charge is 2.20. The maximum absolute atomic E-state index is 11.9. The summed E-state index contributed by atoms with van der Waals surface area (Å²) >= 11 is 0.902. The summed E-state index contributed by atoms with van der Waals surface area (Å²) in [4.78, 5) is 18.1. The van der Waals surface area contributed by atoms with Crippen LogP contribution in [0.25, 0.3) is 0 Å². The third kappa shape index (κ3) is 2.46. The molecule has 0 aliphatic carbocycles. The van der Waals surface area contributed by atoms with E-state index in [4.69, 9.17) is 5.11 Å². The molecule has 2 aromatic heterocycles. The molecule has 7 nitrogen and oxygen atoms in total. The second-order valence-electron chi connectivity index (χ2n) is 3.12. The summed E-state index contributed by atoms with van der Waals surface area (Å²) in [5.41, 5.74) is 0.936. The van der Waals surface area contributed by atoms with E-state index in [1.165, 1.54) is 30.0 Å². The fraction of sp³-hybridized carbons (Fsp3) is 0. The second-order valence-corrected chi connectivity index (χ2v) is 5.66. The number of hydrogen-bond acceptors (Lipinski definition) is 6. The lowest BCUT2D eigenvalue weighted by atomic mass is 10.5. The van der Waals surface area contributed by atoms with Gasteiger partial charge in [-0.3, -0.25) is 9.71 Å². The number of carboxylic acid groups (broad SMARTS) is 1. The molecule has 0 bridgehead atoms. The van der Waals surface area contributed by atoms with Crippen LogP contribution in [0, 0.1) is 0 Å². The van der Waals surface area contributed by atoms with Crippen LogP contribution in [-0.4, -0.2) is 29.5 Å². The molecule has 18 heavy (non-hydrogen) atoms. The van der Waals surface area contributed by atoms with Gasteiger partial charge >= 0.3 is 5.97 Å². The molecule has 0 radical (unpaired) electrons. The minimum atomic E-state index is -3.82. The van der Waals surface area contributed by atoms with E-state index < -0.39 is 16.0 Å². The van der Waals surface area contributed by atoms with Crippen molar-refractivity contribution in [3.05, 3.63) is 35.7 Å². The van der Waals surface area contributed by atoms with Crippen molar-refractivity contribution in [3.63, 3.8) is 0 Å². The Bertz CT molecular complexity index is 666. The topological polar surface area (TPSA) is 109 Å². The fourth-order valence-electron chi connectivity index (χ4n) is 1.17. The average molecular weight is 285 g/mol. The van der Waals surface area contributed by atoms with E-state index in [9.17, 15) is 13.2 Å². The summed E-state index contributed by atoms with van der Waals surface area (Å²) in [7, 11) is -3.82. The fourth-order valence-corrected chi connectivity index (χ4v) is 3.14. The summed E-state index contributed by atoms with van der Waals surface area (Å²) in [6, 6.07) is 2.62. The molecule has 0 fully saturated rings. The van der Waals surface area contributed by atoms with Crippen molar-refractivity contribution >= 4 is 32.3 Å². The van der Waals surface area contributed by atoms with Gasteiger partial charge in [0.2, 0.25) is 0 Å². The molecule has 2 rings (SSSR count). The molecule has 0 spiro atoms. The van der Waals surface area contributed by atoms with Crippen molar-refractivity contribution in [1.82, 2.24) is 9.97 Å². The monoisotopic (exact) mass is 285 g/mol. The third-order valence-corrected chi connectivity index (χ3v) is 4.19. The Labute approximate surface area is 106 Å². The largest absolute Gasteiger partial charge is 0.476 e. The number of nitrogens with one attached hydrogen (secondary N) is 1. The Morgan fingerprint density at radius 2 is 2.00 bits per heavy atom. The van der Waals surface area contributed by atoms with Crippen LogP contribution >= 0.6 is 11.3 Å². The van der Waals surface area contributed by atoms with Crippen molar-refractivity contribution in [1.29, 1.82) is 0 Å². The number of hydrogen-bond donors (Lipinski definition) is 2. The first-order valence-electron chi connectivity index (χ1n) is 4.60. The zero-order chi connectivity index (χ0) is 13.2. The van der Waals surface area contributed by atoms with Crippen molar-refractivity contribution in [2.24, 2.45) is 0 Å². The van der Waals surface area contributed by atoms with Crippen LogP contribution in [0.4, 0.5) is 5.00 Å². The summed E-state index contributed by atoms with van der Waals surface area (Å²) in [5.74, 6) is -1.29. The summed E-state index contributed by atoms with van der Waals surface area (Å²) in [6.45, 7) is 0. The van der Waals surface area contributed by atoms with E-state index >= 15 is 0 Å². The number of carbonyl (C=O) groups is 1. The number of aromatic nitrogens is 2. The van der Waals surface area contributed by atoms with Crippen LogP contribution in [0.1, 0.15) is 10.5 Å². The molecule has 0 aliphatic rings. The van der Waals surface area contributed by atoms with E-state index in [1.54, 1.807) is 0 Å². The van der Waals surface area contributed by atoms with Gasteiger partial charge in [-0.25, -0.2) is 18.2 Å². The van der Waals surface area contributed by atoms with Crippen LogP contribution in [0.5, 0.6) is 0 Å². The molecule has 0 atom stereocenters. The third-order valence-electron chi connectivity index (χ3n) is 1.96. The summed E-state index contributed by atoms with van der Waals surface area (Å²) in [6.07, 6.45) is 2.67. The summed E-state index contributed by atoms with van der Waals surface area (Å²) in [5, 5.41) is 8.79. The van der Waals surface area contributed by atoms with Crippen LogP contribution in [-0.2, 0) is 10.0 Å². The maximum atomic E-state index is 11.9. The number of anilines is 1. The van der Waals surface area contributed by atoms with Gasteiger partial charge < -0.3 is 5.11 Å². The van der Waals surface area contributed by atoms with Gasteiger partial charge in [-0.05, 0) is 12.1 Å². The highest BCUT2D eigenvalue weighted by atomic mass is 32.2. The smallest absolute Gasteiger partial charge is 0.357 e. The van der Waals surface area contributed by atoms with Gasteiger partial charge in [0.1, 0.15) is 5.00 Å². The Morgan fingerprint density at radius 3 is 2.61 bits per heavy atom. The van der Waals surface area contributed by atoms with Crippen LogP contribution in [0.3, 0.4) is 0 Å². The highest BCUT2D eigenvalue weighted by molar-refractivity contribution is 7.93. The molecule has 2 N–H and O–H groups in total. The van der Waals surface area contributed by atoms with E-state index in [0.29, 0.717) is 0 Å². The molecule has 94 valence electrons. The molecule has 0 aliphatic heterocycles. The quantitative estimate of drug-likeness (QED) is 0.868. The minimum Gasteiger partial charge on any atom is -0.476 e. The van der Waals surface area contributed by atoms with Crippen molar-refractivity contribution in [2.75, 3.05) is 4.72 Å². The number of carboxylic acids is 1. The van der Waals surface area contributed by atoms with Gasteiger partial charge in [0, 0.05) is 12.4 Å². The van der Waals surface area contributed by atoms with Crippen LogP contribution in [0.2, 0.25) is 0 Å². The van der Waals surface area contributed by atoms with Crippen LogP contribution in [0.15, 0.2) is 34.9 Å². The van der Waals surface area contributed by atoms with Gasteiger partial charge in [0.25, 0.3) is 10.0 Å². The molecule has 0 unspecified atom stereocenters. The normalized spacial score (nSPS) is 11.1. The average Bonchev–Trinajstić information content (AvgIpc) is 2.78. The van der Waals surface area contributed by atoms with Gasteiger partial charge in [-0.15, -0.1) is 11.3 Å². The Morgan fingerprint density at radius 1 is 1.33 bits per heavy atom. The predicted molar refractivity (Wildman–Crippen MR) is 64.1 cm³/mol. The lowest BCUT2D eigenvalue weighted by Crippen LogP contribution is -2.14. The lowest BCUT2D eigenvalue weighted by molar-refractivity contribution is 0.0692. The second kappa shape index (κ2) is 4.70. The van der Waals surface area contributed by atoms with Gasteiger partial charge in [0.05, 0.1) is 10.4 Å². The zero-order valence-electron chi connectivity index (χ0n) is 8.77. The molecule has 2 aromatic rings. The molecule has 0 aromatic carbocycles. The molecule has 9 heteroatoms. The van der Waals surface area contributed by atoms with Crippen molar-refractivity contribution in [3.8, 4) is 0 Å². The number of rotatable bonds is 4. The zero-order valence-corrected chi connectivity index (χ0v) is 10.4. The SMILES string of the molecule is O=C(O)c1ncsc1NS(=O)(=O)c1ccncc1.